The Kier molecular flexibility index (Phi) is 2.44. The van der Waals surface area contributed by atoms with Crippen molar-refractivity contribution in [2.24, 2.45) is 11.5 Å². The van der Waals surface area contributed by atoms with Gasteiger partial charge in [-0.3, -0.25) is 0 Å². The van der Waals surface area contributed by atoms with E-state index in [1.165, 1.54) is 11.1 Å². The molecule has 4 N–H and O–H groups in total. The summed E-state index contributed by atoms with van der Waals surface area (Å²) in [6.07, 6.45) is 12.4. The SMILES string of the molecule is NC1=CCC(C2=CC=C(N)CC2)=CC1. The number of rotatable bonds is 1. The zero-order valence-corrected chi connectivity index (χ0v) is 8.29. The molecule has 0 bridgehead atoms. The molecule has 0 radical (unpaired) electrons. The van der Waals surface area contributed by atoms with E-state index in [1.807, 2.05) is 6.08 Å². The first-order chi connectivity index (χ1) is 6.75. The Morgan fingerprint density at radius 2 is 1.64 bits per heavy atom. The molecule has 2 aliphatic rings. The predicted octanol–water partition coefficient (Wildman–Crippen LogP) is 2.11. The van der Waals surface area contributed by atoms with Crippen LogP contribution in [0.1, 0.15) is 25.7 Å². The van der Waals surface area contributed by atoms with Crippen molar-refractivity contribution in [1.82, 2.24) is 0 Å². The molecule has 0 aromatic carbocycles. The van der Waals surface area contributed by atoms with E-state index in [1.54, 1.807) is 0 Å². The summed E-state index contributed by atoms with van der Waals surface area (Å²) in [5.74, 6) is 0. The maximum absolute atomic E-state index is 5.71. The smallest absolute Gasteiger partial charge is 0.00838 e. The Morgan fingerprint density at radius 1 is 0.786 bits per heavy atom. The van der Waals surface area contributed by atoms with Crippen LogP contribution in [-0.4, -0.2) is 0 Å². The van der Waals surface area contributed by atoms with Crippen molar-refractivity contribution in [2.75, 3.05) is 0 Å². The minimum atomic E-state index is 0.895. The molecule has 0 heterocycles. The van der Waals surface area contributed by atoms with Crippen LogP contribution in [0.5, 0.6) is 0 Å². The molecule has 0 fully saturated rings. The molecule has 2 rings (SSSR count). The third-order valence-electron chi connectivity index (χ3n) is 2.76. The van der Waals surface area contributed by atoms with Crippen LogP contribution in [-0.2, 0) is 0 Å². The lowest BCUT2D eigenvalue weighted by Crippen LogP contribution is -2.06. The molecule has 14 heavy (non-hydrogen) atoms. The molecule has 0 aliphatic heterocycles. The van der Waals surface area contributed by atoms with E-state index in [-0.39, 0.29) is 0 Å². The highest BCUT2D eigenvalue weighted by molar-refractivity contribution is 5.41. The normalized spacial score (nSPS) is 22.0. The maximum atomic E-state index is 5.71. The van der Waals surface area contributed by atoms with Crippen molar-refractivity contribution >= 4 is 0 Å². The molecule has 2 aliphatic carbocycles. The zero-order chi connectivity index (χ0) is 9.97. The molecule has 0 atom stereocenters. The number of nitrogens with two attached hydrogens (primary N) is 2. The van der Waals surface area contributed by atoms with Gasteiger partial charge in [-0.2, -0.15) is 0 Å². The molecule has 2 heteroatoms. The molecule has 74 valence electrons. The molecule has 0 amide bonds. The second-order valence-electron chi connectivity index (χ2n) is 3.85. The van der Waals surface area contributed by atoms with Crippen molar-refractivity contribution in [1.29, 1.82) is 0 Å². The van der Waals surface area contributed by atoms with Crippen LogP contribution in [0, 0.1) is 0 Å². The summed E-state index contributed by atoms with van der Waals surface area (Å²) in [5, 5.41) is 0. The second kappa shape index (κ2) is 3.74. The van der Waals surface area contributed by atoms with Gasteiger partial charge in [0.15, 0.2) is 0 Å². The predicted molar refractivity (Wildman–Crippen MR) is 59.2 cm³/mol. The first kappa shape index (κ1) is 9.13. The van der Waals surface area contributed by atoms with Crippen LogP contribution >= 0.6 is 0 Å². The summed E-state index contributed by atoms with van der Waals surface area (Å²) in [6, 6.07) is 0. The molecule has 0 unspecified atom stereocenters. The van der Waals surface area contributed by atoms with E-state index >= 15 is 0 Å². The van der Waals surface area contributed by atoms with Gasteiger partial charge in [-0.25, -0.2) is 0 Å². The second-order valence-corrected chi connectivity index (χ2v) is 3.85. The number of hydrogen-bond donors (Lipinski definition) is 2. The zero-order valence-electron chi connectivity index (χ0n) is 8.29. The molecule has 0 saturated heterocycles. The Hall–Kier alpha value is -1.44. The lowest BCUT2D eigenvalue weighted by atomic mass is 9.90. The minimum Gasteiger partial charge on any atom is -0.402 e. The van der Waals surface area contributed by atoms with Gasteiger partial charge < -0.3 is 11.5 Å². The third kappa shape index (κ3) is 1.90. The Bertz CT molecular complexity index is 357. The van der Waals surface area contributed by atoms with E-state index in [0.29, 0.717) is 0 Å². The van der Waals surface area contributed by atoms with Crippen molar-refractivity contribution in [3.05, 3.63) is 46.8 Å². The molecule has 0 aromatic rings. The van der Waals surface area contributed by atoms with Gasteiger partial charge in [0.05, 0.1) is 0 Å². The van der Waals surface area contributed by atoms with Gasteiger partial charge in [0.2, 0.25) is 0 Å². The van der Waals surface area contributed by atoms with Crippen molar-refractivity contribution in [2.45, 2.75) is 25.7 Å². The highest BCUT2D eigenvalue weighted by Crippen LogP contribution is 2.27. The van der Waals surface area contributed by atoms with Crippen molar-refractivity contribution in [3.63, 3.8) is 0 Å². The van der Waals surface area contributed by atoms with Crippen molar-refractivity contribution in [3.8, 4) is 0 Å². The van der Waals surface area contributed by atoms with Gasteiger partial charge in [-0.15, -0.1) is 0 Å². The van der Waals surface area contributed by atoms with E-state index in [0.717, 1.165) is 37.1 Å². The third-order valence-corrected chi connectivity index (χ3v) is 2.76. The summed E-state index contributed by atoms with van der Waals surface area (Å²) >= 11 is 0. The van der Waals surface area contributed by atoms with E-state index in [9.17, 15) is 0 Å². The molecular weight excluding hydrogens is 172 g/mol. The standard InChI is InChI=1S/C12H16N2/c13-11-5-1-9(2-6-11)10-3-7-12(14)8-4-10/h1,3,5,8H,2,4,6-7,13-14H2. The largest absolute Gasteiger partial charge is 0.402 e. The van der Waals surface area contributed by atoms with E-state index < -0.39 is 0 Å². The van der Waals surface area contributed by atoms with Gasteiger partial charge in [-0.05, 0) is 36.5 Å². The lowest BCUT2D eigenvalue weighted by Gasteiger charge is -2.17. The van der Waals surface area contributed by atoms with Crippen LogP contribution in [0.15, 0.2) is 46.8 Å². The highest BCUT2D eigenvalue weighted by atomic mass is 14.6. The van der Waals surface area contributed by atoms with Crippen LogP contribution in [0.2, 0.25) is 0 Å². The summed E-state index contributed by atoms with van der Waals surface area (Å²) in [7, 11) is 0. The fourth-order valence-electron chi connectivity index (χ4n) is 1.83. The summed E-state index contributed by atoms with van der Waals surface area (Å²) in [6.45, 7) is 0. The molecule has 0 saturated carbocycles. The fourth-order valence-corrected chi connectivity index (χ4v) is 1.83. The fraction of sp³-hybridized carbons (Fsp3) is 0.333. The monoisotopic (exact) mass is 188 g/mol. The average Bonchev–Trinajstić information content (AvgIpc) is 2.21. The Labute approximate surface area is 84.7 Å². The molecular formula is C12H16N2. The lowest BCUT2D eigenvalue weighted by molar-refractivity contribution is 0.880. The first-order valence-electron chi connectivity index (χ1n) is 5.05. The van der Waals surface area contributed by atoms with Crippen LogP contribution in [0.3, 0.4) is 0 Å². The topological polar surface area (TPSA) is 52.0 Å². The van der Waals surface area contributed by atoms with Crippen LogP contribution < -0.4 is 11.5 Å². The first-order valence-corrected chi connectivity index (χ1v) is 5.05. The Morgan fingerprint density at radius 3 is 2.21 bits per heavy atom. The van der Waals surface area contributed by atoms with E-state index in [2.05, 4.69) is 18.2 Å². The van der Waals surface area contributed by atoms with Crippen molar-refractivity contribution < 1.29 is 0 Å². The van der Waals surface area contributed by atoms with Gasteiger partial charge in [0.1, 0.15) is 0 Å². The van der Waals surface area contributed by atoms with Crippen LogP contribution in [0.25, 0.3) is 0 Å². The molecule has 0 aromatic heterocycles. The van der Waals surface area contributed by atoms with Gasteiger partial charge in [-0.1, -0.05) is 18.2 Å². The molecule has 2 nitrogen and oxygen atoms in total. The number of allylic oxidation sites excluding steroid dienone is 7. The average molecular weight is 188 g/mol. The number of hydrogen-bond acceptors (Lipinski definition) is 2. The Balaban J connectivity index is 2.11. The summed E-state index contributed by atoms with van der Waals surface area (Å²) in [4.78, 5) is 0. The van der Waals surface area contributed by atoms with Gasteiger partial charge in [0.25, 0.3) is 0 Å². The molecule has 0 spiro atoms. The summed E-state index contributed by atoms with van der Waals surface area (Å²) < 4.78 is 0. The maximum Gasteiger partial charge on any atom is 0.00838 e. The van der Waals surface area contributed by atoms with Crippen LogP contribution in [0.4, 0.5) is 0 Å². The highest BCUT2D eigenvalue weighted by Gasteiger charge is 2.10. The summed E-state index contributed by atoms with van der Waals surface area (Å²) in [5.41, 5.74) is 16.2. The van der Waals surface area contributed by atoms with Gasteiger partial charge >= 0.3 is 0 Å². The minimum absolute atomic E-state index is 0.895. The quantitative estimate of drug-likeness (QED) is 0.662. The van der Waals surface area contributed by atoms with Gasteiger partial charge in [0, 0.05) is 17.8 Å². The van der Waals surface area contributed by atoms with E-state index in [4.69, 9.17) is 11.5 Å².